The number of aryl methyl sites for hydroxylation is 2. The van der Waals surface area contributed by atoms with Gasteiger partial charge in [-0.15, -0.1) is 24.0 Å². The molecule has 6 nitrogen and oxygen atoms in total. The van der Waals surface area contributed by atoms with E-state index in [0.717, 1.165) is 62.4 Å². The van der Waals surface area contributed by atoms with Gasteiger partial charge in [0.1, 0.15) is 5.82 Å². The highest BCUT2D eigenvalue weighted by Gasteiger charge is 2.23. The molecule has 0 aromatic carbocycles. The van der Waals surface area contributed by atoms with Gasteiger partial charge in [-0.3, -0.25) is 4.99 Å². The standard InChI is InChI=1S/C16H28N6.HI/c1-3-14-20-15-8-7-13(11-22(15)21-14)19-16(17-4-2)18-10-9-12-5-6-12;/h12-13H,3-11H2,1-2H3,(H2,17,18,19);1H. The van der Waals surface area contributed by atoms with Gasteiger partial charge in [0.2, 0.25) is 0 Å². The van der Waals surface area contributed by atoms with E-state index in [1.54, 1.807) is 0 Å². The summed E-state index contributed by atoms with van der Waals surface area (Å²) < 4.78 is 2.06. The van der Waals surface area contributed by atoms with E-state index in [1.807, 2.05) is 0 Å². The summed E-state index contributed by atoms with van der Waals surface area (Å²) in [5.41, 5.74) is 0. The zero-order valence-electron chi connectivity index (χ0n) is 14.2. The van der Waals surface area contributed by atoms with Crippen LogP contribution in [-0.4, -0.2) is 39.9 Å². The summed E-state index contributed by atoms with van der Waals surface area (Å²) >= 11 is 0. The predicted molar refractivity (Wildman–Crippen MR) is 103 cm³/mol. The second kappa shape index (κ2) is 8.84. The minimum Gasteiger partial charge on any atom is -0.357 e. The van der Waals surface area contributed by atoms with Crippen LogP contribution in [-0.2, 0) is 19.4 Å². The smallest absolute Gasteiger partial charge is 0.191 e. The Hall–Kier alpha value is -0.860. The number of nitrogens with zero attached hydrogens (tertiary/aromatic N) is 4. The van der Waals surface area contributed by atoms with Crippen LogP contribution in [0.25, 0.3) is 0 Å². The Morgan fingerprint density at radius 3 is 2.83 bits per heavy atom. The molecule has 0 amide bonds. The van der Waals surface area contributed by atoms with Crippen molar-refractivity contribution in [2.24, 2.45) is 10.9 Å². The monoisotopic (exact) mass is 432 g/mol. The summed E-state index contributed by atoms with van der Waals surface area (Å²) in [6.07, 6.45) is 7.02. The van der Waals surface area contributed by atoms with Crippen LogP contribution < -0.4 is 10.6 Å². The summed E-state index contributed by atoms with van der Waals surface area (Å²) in [6.45, 7) is 6.93. The number of halogens is 1. The molecule has 7 heteroatoms. The van der Waals surface area contributed by atoms with Crippen molar-refractivity contribution in [3.05, 3.63) is 11.6 Å². The molecule has 1 aliphatic heterocycles. The zero-order chi connectivity index (χ0) is 15.4. The predicted octanol–water partition coefficient (Wildman–Crippen LogP) is 2.13. The number of aliphatic imine (C=N–C) groups is 1. The fraction of sp³-hybridized carbons (Fsp3) is 0.812. The number of aromatic nitrogens is 3. The molecule has 1 saturated carbocycles. The van der Waals surface area contributed by atoms with Crippen molar-refractivity contribution in [3.63, 3.8) is 0 Å². The van der Waals surface area contributed by atoms with Gasteiger partial charge in [0.05, 0.1) is 6.54 Å². The van der Waals surface area contributed by atoms with Gasteiger partial charge in [-0.25, -0.2) is 9.67 Å². The SMILES string of the molecule is CCNC(=NCCC1CC1)NC1CCc2nc(CC)nn2C1.I. The molecule has 0 saturated heterocycles. The fourth-order valence-electron chi connectivity index (χ4n) is 2.91. The molecule has 23 heavy (non-hydrogen) atoms. The molecule has 2 aliphatic rings. The van der Waals surface area contributed by atoms with Crippen LogP contribution in [0.5, 0.6) is 0 Å². The number of guanidine groups is 1. The van der Waals surface area contributed by atoms with Crippen molar-refractivity contribution in [1.82, 2.24) is 25.4 Å². The maximum Gasteiger partial charge on any atom is 0.191 e. The Balaban J connectivity index is 0.00000192. The van der Waals surface area contributed by atoms with Crippen LogP contribution >= 0.6 is 24.0 Å². The Kier molecular flexibility index (Phi) is 7.10. The molecule has 0 radical (unpaired) electrons. The van der Waals surface area contributed by atoms with E-state index < -0.39 is 0 Å². The second-order valence-corrected chi connectivity index (χ2v) is 6.35. The summed E-state index contributed by atoms with van der Waals surface area (Å²) in [7, 11) is 0. The van der Waals surface area contributed by atoms with Crippen molar-refractivity contribution >= 4 is 29.9 Å². The average Bonchev–Trinajstić information content (AvgIpc) is 3.24. The molecular weight excluding hydrogens is 403 g/mol. The Morgan fingerprint density at radius 1 is 1.30 bits per heavy atom. The molecule has 1 aromatic heterocycles. The van der Waals surface area contributed by atoms with Gasteiger partial charge in [-0.1, -0.05) is 19.8 Å². The molecule has 3 rings (SSSR count). The van der Waals surface area contributed by atoms with Crippen LogP contribution in [0.2, 0.25) is 0 Å². The summed E-state index contributed by atoms with van der Waals surface area (Å²) in [5.74, 6) is 3.98. The highest BCUT2D eigenvalue weighted by Crippen LogP contribution is 2.32. The van der Waals surface area contributed by atoms with Gasteiger partial charge in [0.15, 0.2) is 11.8 Å². The third-order valence-corrected chi connectivity index (χ3v) is 4.41. The molecule has 130 valence electrons. The van der Waals surface area contributed by atoms with E-state index in [-0.39, 0.29) is 24.0 Å². The number of hydrogen-bond donors (Lipinski definition) is 2. The first kappa shape index (κ1) is 18.5. The summed E-state index contributed by atoms with van der Waals surface area (Å²) in [5, 5.41) is 11.5. The average molecular weight is 432 g/mol. The Morgan fingerprint density at radius 2 is 2.13 bits per heavy atom. The highest BCUT2D eigenvalue weighted by atomic mass is 127. The second-order valence-electron chi connectivity index (χ2n) is 6.35. The summed E-state index contributed by atoms with van der Waals surface area (Å²) in [6, 6.07) is 0.387. The first-order chi connectivity index (χ1) is 10.8. The quantitative estimate of drug-likeness (QED) is 0.411. The first-order valence-corrected chi connectivity index (χ1v) is 8.76. The van der Waals surface area contributed by atoms with Crippen molar-refractivity contribution in [3.8, 4) is 0 Å². The minimum atomic E-state index is 0. The molecule has 1 aromatic rings. The Labute approximate surface area is 155 Å². The van der Waals surface area contributed by atoms with Gasteiger partial charge < -0.3 is 10.6 Å². The molecule has 1 unspecified atom stereocenters. The third kappa shape index (κ3) is 5.32. The van der Waals surface area contributed by atoms with E-state index in [1.165, 1.54) is 19.3 Å². The molecule has 1 aliphatic carbocycles. The lowest BCUT2D eigenvalue weighted by atomic mass is 10.1. The van der Waals surface area contributed by atoms with Gasteiger partial charge >= 0.3 is 0 Å². The van der Waals surface area contributed by atoms with Crippen molar-refractivity contribution in [1.29, 1.82) is 0 Å². The lowest BCUT2D eigenvalue weighted by Crippen LogP contribution is -2.47. The van der Waals surface area contributed by atoms with Crippen LogP contribution in [0, 0.1) is 5.92 Å². The molecule has 1 fully saturated rings. The molecular formula is C16H29IN6. The van der Waals surface area contributed by atoms with Crippen LogP contribution in [0.15, 0.2) is 4.99 Å². The van der Waals surface area contributed by atoms with E-state index in [9.17, 15) is 0 Å². The number of hydrogen-bond acceptors (Lipinski definition) is 3. The zero-order valence-corrected chi connectivity index (χ0v) is 16.5. The van der Waals surface area contributed by atoms with Gasteiger partial charge in [-0.2, -0.15) is 5.10 Å². The first-order valence-electron chi connectivity index (χ1n) is 8.76. The van der Waals surface area contributed by atoms with E-state index in [0.29, 0.717) is 6.04 Å². The maximum absolute atomic E-state index is 4.71. The molecule has 1 atom stereocenters. The van der Waals surface area contributed by atoms with E-state index in [4.69, 9.17) is 4.99 Å². The van der Waals surface area contributed by atoms with E-state index >= 15 is 0 Å². The van der Waals surface area contributed by atoms with Crippen molar-refractivity contribution < 1.29 is 0 Å². The molecule has 2 heterocycles. The van der Waals surface area contributed by atoms with Gasteiger partial charge in [-0.05, 0) is 25.7 Å². The van der Waals surface area contributed by atoms with Gasteiger partial charge in [0.25, 0.3) is 0 Å². The molecule has 0 spiro atoms. The number of nitrogens with one attached hydrogen (secondary N) is 2. The summed E-state index contributed by atoms with van der Waals surface area (Å²) in [4.78, 5) is 9.29. The van der Waals surface area contributed by atoms with E-state index in [2.05, 4.69) is 39.2 Å². The van der Waals surface area contributed by atoms with Crippen molar-refractivity contribution in [2.75, 3.05) is 13.1 Å². The molecule has 2 N–H and O–H groups in total. The lowest BCUT2D eigenvalue weighted by molar-refractivity contribution is 0.392. The third-order valence-electron chi connectivity index (χ3n) is 4.41. The lowest BCUT2D eigenvalue weighted by Gasteiger charge is -2.25. The highest BCUT2D eigenvalue weighted by molar-refractivity contribution is 14.0. The molecule has 0 bridgehead atoms. The van der Waals surface area contributed by atoms with Crippen molar-refractivity contribution in [2.45, 2.75) is 65.0 Å². The normalized spacial score (nSPS) is 20.6. The Bertz CT molecular complexity index is 523. The van der Waals surface area contributed by atoms with Crippen LogP contribution in [0.4, 0.5) is 0 Å². The van der Waals surface area contributed by atoms with Gasteiger partial charge in [0, 0.05) is 32.0 Å². The minimum absolute atomic E-state index is 0. The van der Waals surface area contributed by atoms with Crippen LogP contribution in [0.1, 0.15) is 51.2 Å². The maximum atomic E-state index is 4.71. The largest absolute Gasteiger partial charge is 0.357 e. The number of fused-ring (bicyclic) bond motifs is 1. The number of rotatable bonds is 6. The van der Waals surface area contributed by atoms with Crippen LogP contribution in [0.3, 0.4) is 0 Å². The topological polar surface area (TPSA) is 67.1 Å². The fourth-order valence-corrected chi connectivity index (χ4v) is 2.91.